The molecule has 1 amide bonds. The molecule has 6 aromatic rings. The molecule has 0 fully saturated rings. The predicted molar refractivity (Wildman–Crippen MR) is 241 cm³/mol. The fourth-order valence-corrected chi connectivity index (χ4v) is 6.31. The van der Waals surface area contributed by atoms with Gasteiger partial charge < -0.3 is 47.9 Å². The lowest BCUT2D eigenvalue weighted by molar-refractivity contribution is 0.0716. The van der Waals surface area contributed by atoms with Gasteiger partial charge in [-0.1, -0.05) is 11.8 Å². The van der Waals surface area contributed by atoms with Crippen LogP contribution < -0.4 is 47.9 Å². The number of carbonyl (C=O) groups excluding carboxylic acids is 4. The zero-order chi connectivity index (χ0) is 46.5. The number of nitrogens with one attached hydrogen (secondary N) is 1. The van der Waals surface area contributed by atoms with Crippen molar-refractivity contribution in [3.05, 3.63) is 154 Å². The molecule has 0 atom stereocenters. The molecule has 0 spiro atoms. The lowest BCUT2D eigenvalue weighted by Crippen LogP contribution is -2.13. The Bertz CT molecular complexity index is 2700. The van der Waals surface area contributed by atoms with Crippen molar-refractivity contribution in [1.29, 1.82) is 0 Å². The summed E-state index contributed by atoms with van der Waals surface area (Å²) >= 11 is 0. The summed E-state index contributed by atoms with van der Waals surface area (Å²) < 4.78 is 49.4. The van der Waals surface area contributed by atoms with E-state index in [1.165, 1.54) is 64.8 Å². The summed E-state index contributed by atoms with van der Waals surface area (Å²) in [5.74, 6) is 6.44. The van der Waals surface area contributed by atoms with Crippen LogP contribution in [0.3, 0.4) is 0 Å². The van der Waals surface area contributed by atoms with E-state index in [0.29, 0.717) is 58.4 Å². The topological polar surface area (TPSA) is 163 Å². The zero-order valence-electron chi connectivity index (χ0n) is 36.7. The first kappa shape index (κ1) is 46.1. The summed E-state index contributed by atoms with van der Waals surface area (Å²) in [7, 11) is 5.70. The largest absolute Gasteiger partial charge is 0.496 e. The van der Waals surface area contributed by atoms with Crippen LogP contribution in [0.2, 0.25) is 0 Å². The lowest BCUT2D eigenvalue weighted by Gasteiger charge is -2.15. The number of hydrogen-bond acceptors (Lipinski definition) is 13. The highest BCUT2D eigenvalue weighted by molar-refractivity contribution is 6.04. The Morgan fingerprint density at radius 3 is 1.32 bits per heavy atom. The van der Waals surface area contributed by atoms with Crippen molar-refractivity contribution in [1.82, 2.24) is 0 Å². The number of benzene rings is 6. The van der Waals surface area contributed by atoms with Crippen LogP contribution in [-0.4, -0.2) is 65.5 Å². The third-order valence-electron chi connectivity index (χ3n) is 9.49. The molecule has 14 heteroatoms. The van der Waals surface area contributed by atoms with Gasteiger partial charge in [0, 0.05) is 46.6 Å². The van der Waals surface area contributed by atoms with E-state index in [2.05, 4.69) is 17.2 Å². The predicted octanol–water partition coefficient (Wildman–Crippen LogP) is 9.14. The minimum atomic E-state index is -0.716. The van der Waals surface area contributed by atoms with Gasteiger partial charge in [-0.2, -0.15) is 0 Å². The minimum absolute atomic E-state index is 0.0836. The minimum Gasteiger partial charge on any atom is -0.496 e. The molecule has 0 radical (unpaired) electrons. The van der Waals surface area contributed by atoms with E-state index in [4.69, 9.17) is 42.6 Å². The molecule has 65 heavy (non-hydrogen) atoms. The summed E-state index contributed by atoms with van der Waals surface area (Å²) in [4.78, 5) is 52.3. The molecule has 0 bridgehead atoms. The van der Waals surface area contributed by atoms with Gasteiger partial charge in [-0.15, -0.1) is 0 Å². The maximum absolute atomic E-state index is 13.1. The third kappa shape index (κ3) is 11.5. The van der Waals surface area contributed by atoms with Crippen molar-refractivity contribution in [2.75, 3.05) is 47.0 Å². The van der Waals surface area contributed by atoms with E-state index in [-0.39, 0.29) is 57.1 Å². The normalized spacial score (nSPS) is 10.3. The fraction of sp³-hybridized carbons (Fsp3) is 0.176. The van der Waals surface area contributed by atoms with Crippen molar-refractivity contribution in [3.63, 3.8) is 0 Å². The smallest absolute Gasteiger partial charge is 0.351 e. The van der Waals surface area contributed by atoms with E-state index in [1.54, 1.807) is 85.8 Å². The zero-order valence-corrected chi connectivity index (χ0v) is 36.7. The van der Waals surface area contributed by atoms with Gasteiger partial charge in [0.25, 0.3) is 5.91 Å². The average molecular weight is 880 g/mol. The van der Waals surface area contributed by atoms with Gasteiger partial charge in [0.15, 0.2) is 0 Å². The standard InChI is InChI=1S/C51H45NO13/c1-8-61-39-27-42(57-4)46(43(28-39)58-5)50(55)63-37-21-15-34(16-22-37)48(53)52-36-19-12-32(13-20-36)10-11-33-14-25-41(31(3)26-33)65-49(54)35-17-23-38(24-18-35)64-51(56)47-44(59-6)29-40(62-9-2)30-45(47)60-7/h12-30H,8-9H2,1-7H3,(H,52,53). The number of amides is 1. The Balaban J connectivity index is 1.01. The van der Waals surface area contributed by atoms with Gasteiger partial charge in [0.2, 0.25) is 0 Å². The number of methoxy groups -OCH3 is 4. The number of anilines is 1. The van der Waals surface area contributed by atoms with Gasteiger partial charge in [-0.25, -0.2) is 14.4 Å². The molecular weight excluding hydrogens is 835 g/mol. The van der Waals surface area contributed by atoms with Crippen LogP contribution >= 0.6 is 0 Å². The molecule has 0 heterocycles. The quantitative estimate of drug-likeness (QED) is 0.0557. The van der Waals surface area contributed by atoms with Crippen molar-refractivity contribution in [2.24, 2.45) is 0 Å². The summed E-state index contributed by atoms with van der Waals surface area (Å²) in [6.07, 6.45) is 0. The molecule has 0 unspecified atom stereocenters. The molecule has 14 nitrogen and oxygen atoms in total. The van der Waals surface area contributed by atoms with Gasteiger partial charge in [0.1, 0.15) is 62.9 Å². The second kappa shape index (κ2) is 21.6. The fourth-order valence-electron chi connectivity index (χ4n) is 6.31. The summed E-state index contributed by atoms with van der Waals surface area (Å²) in [6, 6.07) is 30.6. The van der Waals surface area contributed by atoms with Gasteiger partial charge in [-0.05, 0) is 117 Å². The van der Waals surface area contributed by atoms with Gasteiger partial charge >= 0.3 is 17.9 Å². The van der Waals surface area contributed by atoms with Crippen molar-refractivity contribution in [2.45, 2.75) is 20.8 Å². The molecule has 0 aromatic heterocycles. The highest BCUT2D eigenvalue weighted by Crippen LogP contribution is 2.36. The molecule has 0 aliphatic rings. The highest BCUT2D eigenvalue weighted by Gasteiger charge is 2.24. The molecular formula is C51H45NO13. The summed E-state index contributed by atoms with van der Waals surface area (Å²) in [5.41, 5.74) is 3.39. The molecule has 0 saturated carbocycles. The van der Waals surface area contributed by atoms with Crippen LogP contribution in [-0.2, 0) is 0 Å². The Morgan fingerprint density at radius 1 is 0.462 bits per heavy atom. The maximum Gasteiger partial charge on any atom is 0.351 e. The van der Waals surface area contributed by atoms with E-state index >= 15 is 0 Å². The third-order valence-corrected chi connectivity index (χ3v) is 9.49. The van der Waals surface area contributed by atoms with Crippen molar-refractivity contribution >= 4 is 29.5 Å². The van der Waals surface area contributed by atoms with Crippen LogP contribution in [0.5, 0.6) is 51.7 Å². The summed E-state index contributed by atoms with van der Waals surface area (Å²) in [5, 5.41) is 2.85. The van der Waals surface area contributed by atoms with Gasteiger partial charge in [0.05, 0.1) is 47.2 Å². The molecule has 0 aliphatic heterocycles. The highest BCUT2D eigenvalue weighted by atomic mass is 16.6. The average Bonchev–Trinajstić information content (AvgIpc) is 3.31. The van der Waals surface area contributed by atoms with Crippen molar-refractivity contribution in [3.8, 4) is 63.6 Å². The molecule has 332 valence electrons. The molecule has 0 aliphatic carbocycles. The van der Waals surface area contributed by atoms with Crippen LogP contribution in [0.4, 0.5) is 5.69 Å². The number of aryl methyl sites for hydroxylation is 1. The second-order valence-electron chi connectivity index (χ2n) is 13.8. The number of hydrogen-bond donors (Lipinski definition) is 1. The first-order chi connectivity index (χ1) is 31.5. The van der Waals surface area contributed by atoms with Crippen LogP contribution in [0.15, 0.2) is 115 Å². The maximum atomic E-state index is 13.1. The second-order valence-corrected chi connectivity index (χ2v) is 13.8. The summed E-state index contributed by atoms with van der Waals surface area (Å²) in [6.45, 7) is 6.31. The molecule has 6 aromatic carbocycles. The first-order valence-corrected chi connectivity index (χ1v) is 20.2. The van der Waals surface area contributed by atoms with Crippen LogP contribution in [0, 0.1) is 18.8 Å². The van der Waals surface area contributed by atoms with E-state index in [1.807, 2.05) is 13.8 Å². The molecule has 0 saturated heterocycles. The molecule has 1 N–H and O–H groups in total. The SMILES string of the molecule is CCOc1cc(OC)c(C(=O)Oc2ccc(C(=O)Nc3ccc(C#Cc4ccc(OC(=O)c5ccc(OC(=O)c6c(OC)cc(OCC)cc6OC)cc5)c(C)c4)cc3)cc2)c(OC)c1. The van der Waals surface area contributed by atoms with Gasteiger partial charge in [-0.3, -0.25) is 4.79 Å². The van der Waals surface area contributed by atoms with E-state index in [0.717, 1.165) is 0 Å². The van der Waals surface area contributed by atoms with E-state index in [9.17, 15) is 19.2 Å². The Morgan fingerprint density at radius 2 is 0.892 bits per heavy atom. The first-order valence-electron chi connectivity index (χ1n) is 20.2. The van der Waals surface area contributed by atoms with E-state index < -0.39 is 17.9 Å². The van der Waals surface area contributed by atoms with Crippen molar-refractivity contribution < 1.29 is 61.8 Å². The monoisotopic (exact) mass is 879 g/mol. The Hall–Kier alpha value is -8.44. The Labute approximate surface area is 375 Å². The number of carbonyl (C=O) groups is 4. The number of rotatable bonds is 16. The lowest BCUT2D eigenvalue weighted by atomic mass is 10.1. The molecule has 6 rings (SSSR count). The van der Waals surface area contributed by atoms with Crippen LogP contribution in [0.25, 0.3) is 0 Å². The number of ether oxygens (including phenoxy) is 9. The Kier molecular flexibility index (Phi) is 15.3. The number of esters is 3. The van der Waals surface area contributed by atoms with Crippen LogP contribution in [0.1, 0.15) is 72.0 Å².